The van der Waals surface area contributed by atoms with E-state index in [1.54, 1.807) is 38.1 Å². The van der Waals surface area contributed by atoms with Gasteiger partial charge in [0.05, 0.1) is 11.8 Å². The van der Waals surface area contributed by atoms with Crippen molar-refractivity contribution < 1.29 is 14.7 Å². The maximum absolute atomic E-state index is 12.2. The Bertz CT molecular complexity index is 767. The number of carbonyl (C=O) groups excluding carboxylic acids is 1. The number of carboxylic acids is 1. The SMILES string of the molecule is Cc1cc(Br)ccc1CC(=O)Nc1ccc(C(C)(C)C(=O)O)cc1. The first-order chi connectivity index (χ1) is 11.2. The molecular weight excluding hydrogens is 370 g/mol. The minimum absolute atomic E-state index is 0.106. The zero-order valence-electron chi connectivity index (χ0n) is 13.9. The Hall–Kier alpha value is -2.14. The Balaban J connectivity index is 2.06. The van der Waals surface area contributed by atoms with Crippen LogP contribution in [0, 0.1) is 6.92 Å². The van der Waals surface area contributed by atoms with Crippen molar-refractivity contribution in [3.8, 4) is 0 Å². The molecule has 0 spiro atoms. The molecule has 24 heavy (non-hydrogen) atoms. The molecule has 2 N–H and O–H groups in total. The second-order valence-corrected chi connectivity index (χ2v) is 7.22. The summed E-state index contributed by atoms with van der Waals surface area (Å²) in [6.45, 7) is 5.27. The molecule has 0 unspecified atom stereocenters. The standard InChI is InChI=1S/C19H20BrNO3/c1-12-10-15(20)7-4-13(12)11-17(22)21-16-8-5-14(6-9-16)19(2,3)18(23)24/h4-10H,11H2,1-3H3,(H,21,22)(H,23,24). The monoisotopic (exact) mass is 389 g/mol. The number of aryl methyl sites for hydroxylation is 1. The van der Waals surface area contributed by atoms with Crippen LogP contribution in [-0.4, -0.2) is 17.0 Å². The molecule has 0 aliphatic heterocycles. The third-order valence-corrected chi connectivity index (χ3v) is 4.57. The summed E-state index contributed by atoms with van der Waals surface area (Å²) in [5.41, 5.74) is 2.41. The Morgan fingerprint density at radius 1 is 1.12 bits per heavy atom. The number of amides is 1. The van der Waals surface area contributed by atoms with Crippen LogP contribution in [0.3, 0.4) is 0 Å². The maximum atomic E-state index is 12.2. The lowest BCUT2D eigenvalue weighted by molar-refractivity contribution is -0.142. The van der Waals surface area contributed by atoms with Gasteiger partial charge in [-0.25, -0.2) is 0 Å². The summed E-state index contributed by atoms with van der Waals surface area (Å²) in [4.78, 5) is 23.5. The zero-order valence-corrected chi connectivity index (χ0v) is 15.5. The molecule has 0 radical (unpaired) electrons. The van der Waals surface area contributed by atoms with E-state index in [9.17, 15) is 14.7 Å². The van der Waals surface area contributed by atoms with Gasteiger partial charge in [0.25, 0.3) is 0 Å². The number of anilines is 1. The topological polar surface area (TPSA) is 66.4 Å². The average molecular weight is 390 g/mol. The van der Waals surface area contributed by atoms with Gasteiger partial charge in [-0.1, -0.05) is 34.1 Å². The van der Waals surface area contributed by atoms with Crippen LogP contribution in [0.1, 0.15) is 30.5 Å². The minimum atomic E-state index is -0.961. The highest BCUT2D eigenvalue weighted by Crippen LogP contribution is 2.25. The molecule has 0 heterocycles. The number of rotatable bonds is 5. The summed E-state index contributed by atoms with van der Waals surface area (Å²) in [6.07, 6.45) is 0.293. The van der Waals surface area contributed by atoms with E-state index < -0.39 is 11.4 Å². The average Bonchev–Trinajstić information content (AvgIpc) is 2.50. The van der Waals surface area contributed by atoms with Gasteiger partial charge in [0.2, 0.25) is 5.91 Å². The number of carboxylic acid groups (broad SMARTS) is 1. The van der Waals surface area contributed by atoms with Crippen LogP contribution < -0.4 is 5.32 Å². The number of hydrogen-bond acceptors (Lipinski definition) is 2. The van der Waals surface area contributed by atoms with Crippen molar-refractivity contribution >= 4 is 33.5 Å². The Kier molecular flexibility index (Phi) is 5.44. The molecule has 1 amide bonds. The smallest absolute Gasteiger partial charge is 0.313 e. The predicted octanol–water partition coefficient (Wildman–Crippen LogP) is 4.30. The Morgan fingerprint density at radius 2 is 1.75 bits per heavy atom. The van der Waals surface area contributed by atoms with Crippen LogP contribution in [0.4, 0.5) is 5.69 Å². The molecular formula is C19H20BrNO3. The molecule has 0 atom stereocenters. The lowest BCUT2D eigenvalue weighted by Gasteiger charge is -2.20. The molecule has 0 bridgehead atoms. The molecule has 2 rings (SSSR count). The molecule has 0 aliphatic carbocycles. The lowest BCUT2D eigenvalue weighted by atomic mass is 9.85. The first kappa shape index (κ1) is 18.2. The molecule has 0 aliphatic rings. The molecule has 126 valence electrons. The fraction of sp³-hybridized carbons (Fsp3) is 0.263. The van der Waals surface area contributed by atoms with Crippen molar-refractivity contribution in [1.82, 2.24) is 0 Å². The molecule has 5 heteroatoms. The molecule has 2 aromatic rings. The second-order valence-electron chi connectivity index (χ2n) is 6.30. The van der Waals surface area contributed by atoms with Gasteiger partial charge in [-0.05, 0) is 61.7 Å². The van der Waals surface area contributed by atoms with Gasteiger partial charge < -0.3 is 10.4 Å². The van der Waals surface area contributed by atoms with E-state index in [1.807, 2.05) is 25.1 Å². The van der Waals surface area contributed by atoms with E-state index in [2.05, 4.69) is 21.2 Å². The van der Waals surface area contributed by atoms with Crippen LogP contribution in [0.15, 0.2) is 46.9 Å². The van der Waals surface area contributed by atoms with E-state index in [0.29, 0.717) is 17.7 Å². The summed E-state index contributed by atoms with van der Waals surface area (Å²) in [6, 6.07) is 12.7. The normalized spacial score (nSPS) is 11.2. The molecule has 4 nitrogen and oxygen atoms in total. The molecule has 0 aromatic heterocycles. The third kappa shape index (κ3) is 4.23. The second kappa shape index (κ2) is 7.18. The minimum Gasteiger partial charge on any atom is -0.481 e. The Morgan fingerprint density at radius 3 is 2.29 bits per heavy atom. The molecule has 2 aromatic carbocycles. The summed E-state index contributed by atoms with van der Waals surface area (Å²) in [7, 11) is 0. The fourth-order valence-corrected chi connectivity index (χ4v) is 2.81. The third-order valence-electron chi connectivity index (χ3n) is 4.08. The summed E-state index contributed by atoms with van der Waals surface area (Å²) in [5, 5.41) is 12.1. The highest BCUT2D eigenvalue weighted by atomic mass is 79.9. The molecule has 0 saturated carbocycles. The van der Waals surface area contributed by atoms with Gasteiger partial charge in [0, 0.05) is 10.2 Å². The van der Waals surface area contributed by atoms with Crippen molar-refractivity contribution in [2.75, 3.05) is 5.32 Å². The number of hydrogen-bond donors (Lipinski definition) is 2. The quantitative estimate of drug-likeness (QED) is 0.800. The van der Waals surface area contributed by atoms with Crippen LogP contribution in [-0.2, 0) is 21.4 Å². The number of benzene rings is 2. The van der Waals surface area contributed by atoms with Crippen molar-refractivity contribution in [1.29, 1.82) is 0 Å². The van der Waals surface area contributed by atoms with Crippen LogP contribution in [0.25, 0.3) is 0 Å². The van der Waals surface area contributed by atoms with Crippen LogP contribution in [0.5, 0.6) is 0 Å². The van der Waals surface area contributed by atoms with Crippen molar-refractivity contribution in [3.05, 3.63) is 63.6 Å². The van der Waals surface area contributed by atoms with E-state index in [0.717, 1.165) is 15.6 Å². The Labute approximate surface area is 150 Å². The lowest BCUT2D eigenvalue weighted by Crippen LogP contribution is -2.28. The number of nitrogens with one attached hydrogen (secondary N) is 1. The summed E-state index contributed by atoms with van der Waals surface area (Å²) >= 11 is 3.41. The summed E-state index contributed by atoms with van der Waals surface area (Å²) in [5.74, 6) is -0.990. The van der Waals surface area contributed by atoms with E-state index in [1.165, 1.54) is 0 Å². The zero-order chi connectivity index (χ0) is 17.9. The van der Waals surface area contributed by atoms with Crippen LogP contribution in [0.2, 0.25) is 0 Å². The highest BCUT2D eigenvalue weighted by Gasteiger charge is 2.29. The van der Waals surface area contributed by atoms with E-state index in [4.69, 9.17) is 0 Å². The van der Waals surface area contributed by atoms with Crippen molar-refractivity contribution in [3.63, 3.8) is 0 Å². The van der Waals surface area contributed by atoms with E-state index in [-0.39, 0.29) is 5.91 Å². The van der Waals surface area contributed by atoms with Gasteiger partial charge in [0.1, 0.15) is 0 Å². The van der Waals surface area contributed by atoms with Crippen molar-refractivity contribution in [2.45, 2.75) is 32.6 Å². The molecule has 0 saturated heterocycles. The van der Waals surface area contributed by atoms with Crippen LogP contribution >= 0.6 is 15.9 Å². The van der Waals surface area contributed by atoms with Gasteiger partial charge >= 0.3 is 5.97 Å². The predicted molar refractivity (Wildman–Crippen MR) is 98.3 cm³/mol. The van der Waals surface area contributed by atoms with Gasteiger partial charge in [0.15, 0.2) is 0 Å². The molecule has 0 fully saturated rings. The van der Waals surface area contributed by atoms with Crippen molar-refractivity contribution in [2.24, 2.45) is 0 Å². The van der Waals surface area contributed by atoms with Gasteiger partial charge in [-0.2, -0.15) is 0 Å². The number of halogens is 1. The number of aliphatic carboxylic acids is 1. The first-order valence-corrected chi connectivity index (χ1v) is 8.38. The fourth-order valence-electron chi connectivity index (χ4n) is 2.33. The van der Waals surface area contributed by atoms with E-state index >= 15 is 0 Å². The highest BCUT2D eigenvalue weighted by molar-refractivity contribution is 9.10. The van der Waals surface area contributed by atoms with Gasteiger partial charge in [-0.3, -0.25) is 9.59 Å². The van der Waals surface area contributed by atoms with Gasteiger partial charge in [-0.15, -0.1) is 0 Å². The number of carbonyl (C=O) groups is 2. The largest absolute Gasteiger partial charge is 0.481 e. The maximum Gasteiger partial charge on any atom is 0.313 e. The first-order valence-electron chi connectivity index (χ1n) is 7.59. The summed E-state index contributed by atoms with van der Waals surface area (Å²) < 4.78 is 0.987.